The summed E-state index contributed by atoms with van der Waals surface area (Å²) < 4.78 is 0. The molecule has 0 aromatic rings. The van der Waals surface area contributed by atoms with Crippen molar-refractivity contribution in [1.82, 2.24) is 10.9 Å². The lowest BCUT2D eigenvalue weighted by Gasteiger charge is -2.31. The van der Waals surface area contributed by atoms with Gasteiger partial charge in [0.05, 0.1) is 0 Å². The van der Waals surface area contributed by atoms with Gasteiger partial charge in [0, 0.05) is 17.8 Å². The predicted octanol–water partition coefficient (Wildman–Crippen LogP) is 3.53. The summed E-state index contributed by atoms with van der Waals surface area (Å²) in [4.78, 5) is 0. The van der Waals surface area contributed by atoms with Crippen molar-refractivity contribution in [3.63, 3.8) is 0 Å². The number of hydrogen-bond acceptors (Lipinski definition) is 6. The van der Waals surface area contributed by atoms with E-state index in [9.17, 15) is 0 Å². The highest BCUT2D eigenvalue weighted by Gasteiger charge is 2.29. The van der Waals surface area contributed by atoms with Gasteiger partial charge in [0.15, 0.2) is 10.3 Å². The summed E-state index contributed by atoms with van der Waals surface area (Å²) in [7, 11) is 0. The smallest absolute Gasteiger partial charge is 0.174 e. The van der Waals surface area contributed by atoms with Crippen molar-refractivity contribution < 1.29 is 0 Å². The van der Waals surface area contributed by atoms with Crippen molar-refractivity contribution in [2.75, 3.05) is 12.5 Å². The van der Waals surface area contributed by atoms with E-state index >= 15 is 0 Å². The molecule has 0 unspecified atom stereocenters. The summed E-state index contributed by atoms with van der Waals surface area (Å²) >= 11 is 2.65. The van der Waals surface area contributed by atoms with Crippen molar-refractivity contribution in [2.24, 2.45) is 15.6 Å². The second-order valence-corrected chi connectivity index (χ2v) is 6.97. The van der Waals surface area contributed by atoms with Crippen molar-refractivity contribution >= 4 is 70.1 Å². The highest BCUT2D eigenvalue weighted by Crippen LogP contribution is 2.32. The highest BCUT2D eigenvalue weighted by molar-refractivity contribution is 8.13. The second kappa shape index (κ2) is 11.2. The lowest BCUT2D eigenvalue weighted by Crippen LogP contribution is -2.32. The topological polar surface area (TPSA) is 96.5 Å². The standard InChI is InChI=1S/C12H22N6S2.2ClH/c1-12(2)6-8(15-17-10(13)19-3)5-9(7-12)16-18-11(14)20-4;;/h5-7H2,1-4H3,(H2,13,17)(H2,14,18);2*1H/b15-8-,16-9+;;. The summed E-state index contributed by atoms with van der Waals surface area (Å²) in [6.45, 7) is 4.36. The molecule has 1 aliphatic carbocycles. The van der Waals surface area contributed by atoms with Gasteiger partial charge in [0.1, 0.15) is 0 Å². The molecule has 1 aliphatic rings. The Morgan fingerprint density at radius 1 is 0.955 bits per heavy atom. The molecule has 10 heteroatoms. The lowest BCUT2D eigenvalue weighted by molar-refractivity contribution is 0.388. The molecule has 0 aromatic heterocycles. The Morgan fingerprint density at radius 3 is 1.64 bits per heavy atom. The van der Waals surface area contributed by atoms with Gasteiger partial charge in [0.2, 0.25) is 0 Å². The SMILES string of the molecule is CSC(=N)N/N=C1\C/C(=N/NC(=N)SC)CC(C)(C)C1.Cl.Cl. The van der Waals surface area contributed by atoms with Gasteiger partial charge in [-0.25, -0.2) is 0 Å². The predicted molar refractivity (Wildman–Crippen MR) is 106 cm³/mol. The molecule has 1 rings (SSSR count). The second-order valence-electron chi connectivity index (χ2n) is 5.34. The van der Waals surface area contributed by atoms with Gasteiger partial charge < -0.3 is 0 Å². The molecule has 0 bridgehead atoms. The number of halogens is 2. The van der Waals surface area contributed by atoms with Crippen LogP contribution >= 0.6 is 48.3 Å². The third-order valence-corrected chi connectivity index (χ3v) is 3.81. The van der Waals surface area contributed by atoms with Crippen LogP contribution in [0.2, 0.25) is 0 Å². The van der Waals surface area contributed by atoms with Gasteiger partial charge in [-0.3, -0.25) is 21.7 Å². The van der Waals surface area contributed by atoms with Crippen molar-refractivity contribution in [2.45, 2.75) is 33.1 Å². The molecule has 1 fully saturated rings. The maximum atomic E-state index is 7.54. The van der Waals surface area contributed by atoms with Gasteiger partial charge in [0.25, 0.3) is 0 Å². The number of nitrogens with zero attached hydrogens (tertiary/aromatic N) is 2. The first-order valence-corrected chi connectivity index (χ1v) is 8.69. The number of hydrazone groups is 2. The Kier molecular flexibility index (Phi) is 12.1. The first-order chi connectivity index (χ1) is 9.36. The fraction of sp³-hybridized carbons (Fsp3) is 0.667. The molecule has 1 saturated carbocycles. The van der Waals surface area contributed by atoms with Gasteiger partial charge in [-0.2, -0.15) is 10.2 Å². The van der Waals surface area contributed by atoms with Gasteiger partial charge in [-0.15, -0.1) is 24.8 Å². The first kappa shape index (κ1) is 23.8. The van der Waals surface area contributed by atoms with E-state index in [1.807, 2.05) is 12.5 Å². The van der Waals surface area contributed by atoms with E-state index < -0.39 is 0 Å². The maximum Gasteiger partial charge on any atom is 0.174 e. The van der Waals surface area contributed by atoms with Gasteiger partial charge >= 0.3 is 0 Å². The molecule has 6 nitrogen and oxygen atoms in total. The van der Waals surface area contributed by atoms with Crippen LogP contribution in [-0.4, -0.2) is 34.3 Å². The van der Waals surface area contributed by atoms with Crippen molar-refractivity contribution in [1.29, 1.82) is 10.8 Å². The summed E-state index contributed by atoms with van der Waals surface area (Å²) in [5.74, 6) is 0. The minimum Gasteiger partial charge on any atom is -0.277 e. The summed E-state index contributed by atoms with van der Waals surface area (Å²) in [5.41, 5.74) is 7.59. The van der Waals surface area contributed by atoms with Crippen LogP contribution in [0, 0.1) is 16.2 Å². The average Bonchev–Trinajstić information content (AvgIpc) is 2.40. The van der Waals surface area contributed by atoms with E-state index in [0.29, 0.717) is 16.8 Å². The van der Waals surface area contributed by atoms with Crippen LogP contribution in [0.1, 0.15) is 33.1 Å². The molecule has 0 saturated heterocycles. The number of rotatable bonds is 2. The van der Waals surface area contributed by atoms with E-state index in [1.54, 1.807) is 0 Å². The quantitative estimate of drug-likeness (QED) is 0.331. The molecular formula is C12H24Cl2N6S2. The van der Waals surface area contributed by atoms with E-state index in [2.05, 4.69) is 34.9 Å². The zero-order valence-corrected chi connectivity index (χ0v) is 16.4. The fourth-order valence-corrected chi connectivity index (χ4v) is 2.31. The number of nitrogens with one attached hydrogen (secondary N) is 4. The molecule has 0 aliphatic heterocycles. The zero-order chi connectivity index (χ0) is 15.2. The fourth-order valence-electron chi connectivity index (χ4n) is 2.04. The zero-order valence-electron chi connectivity index (χ0n) is 13.1. The number of hydrogen-bond donors (Lipinski definition) is 4. The molecule has 0 atom stereocenters. The largest absolute Gasteiger partial charge is 0.277 e. The summed E-state index contributed by atoms with van der Waals surface area (Å²) in [6.07, 6.45) is 6.14. The van der Waals surface area contributed by atoms with Crippen LogP contribution in [0.25, 0.3) is 0 Å². The monoisotopic (exact) mass is 386 g/mol. The summed E-state index contributed by atoms with van der Waals surface area (Å²) in [5, 5.41) is 24.3. The summed E-state index contributed by atoms with van der Waals surface area (Å²) in [6, 6.07) is 0. The molecule has 22 heavy (non-hydrogen) atoms. The minimum atomic E-state index is 0. The van der Waals surface area contributed by atoms with Gasteiger partial charge in [-0.05, 0) is 30.8 Å². The van der Waals surface area contributed by atoms with E-state index in [-0.39, 0.29) is 30.2 Å². The Balaban J connectivity index is 0. The lowest BCUT2D eigenvalue weighted by atomic mass is 9.75. The molecule has 128 valence electrons. The van der Waals surface area contributed by atoms with E-state index in [0.717, 1.165) is 24.3 Å². The minimum absolute atomic E-state index is 0. The number of thioether (sulfide) groups is 2. The Hall–Kier alpha value is -0.440. The first-order valence-electron chi connectivity index (χ1n) is 6.24. The van der Waals surface area contributed by atoms with E-state index in [1.165, 1.54) is 23.5 Å². The maximum absolute atomic E-state index is 7.54. The van der Waals surface area contributed by atoms with Crippen LogP contribution in [0.3, 0.4) is 0 Å². The van der Waals surface area contributed by atoms with Crippen LogP contribution in [0.15, 0.2) is 10.2 Å². The number of amidine groups is 2. The molecule has 0 radical (unpaired) electrons. The highest BCUT2D eigenvalue weighted by atomic mass is 35.5. The normalized spacial score (nSPS) is 19.8. The van der Waals surface area contributed by atoms with Gasteiger partial charge in [-0.1, -0.05) is 37.4 Å². The molecule has 4 N–H and O–H groups in total. The van der Waals surface area contributed by atoms with Crippen LogP contribution < -0.4 is 10.9 Å². The Morgan fingerprint density at radius 2 is 1.32 bits per heavy atom. The van der Waals surface area contributed by atoms with Crippen molar-refractivity contribution in [3.05, 3.63) is 0 Å². The van der Waals surface area contributed by atoms with E-state index in [4.69, 9.17) is 10.8 Å². The Labute approximate surface area is 153 Å². The molecule has 0 spiro atoms. The molecule has 0 amide bonds. The third-order valence-electron chi connectivity index (χ3n) is 2.81. The van der Waals surface area contributed by atoms with Crippen LogP contribution in [0.5, 0.6) is 0 Å². The van der Waals surface area contributed by atoms with Crippen molar-refractivity contribution in [3.8, 4) is 0 Å². The third kappa shape index (κ3) is 8.87. The molecule has 0 aromatic carbocycles. The van der Waals surface area contributed by atoms with Crippen LogP contribution in [0.4, 0.5) is 0 Å². The Bertz CT molecular complexity index is 413. The molecular weight excluding hydrogens is 363 g/mol. The molecule has 0 heterocycles. The average molecular weight is 387 g/mol. The van der Waals surface area contributed by atoms with Crippen LogP contribution in [-0.2, 0) is 0 Å².